The molecule has 8 heavy (non-hydrogen) atoms. The van der Waals surface area contributed by atoms with Gasteiger partial charge in [0.2, 0.25) is 0 Å². The Balaban J connectivity index is 3.91. The predicted molar refractivity (Wildman–Crippen MR) is 39.6 cm³/mol. The van der Waals surface area contributed by atoms with Gasteiger partial charge in [-0.1, -0.05) is 26.1 Å². The van der Waals surface area contributed by atoms with Crippen LogP contribution in [0.1, 0.15) is 13.8 Å². The van der Waals surface area contributed by atoms with Gasteiger partial charge in [-0.2, -0.15) is 0 Å². The first kappa shape index (κ1) is 7.85. The lowest BCUT2D eigenvalue weighted by Crippen LogP contribution is -2.36. The summed E-state index contributed by atoms with van der Waals surface area (Å²) in [5, 5.41) is 0. The average molecular weight is 132 g/mol. The van der Waals surface area contributed by atoms with Crippen molar-refractivity contribution in [2.75, 3.05) is 6.54 Å². The van der Waals surface area contributed by atoms with E-state index in [0.717, 1.165) is 0 Å². The van der Waals surface area contributed by atoms with Gasteiger partial charge in [-0.3, -0.25) is 0 Å². The Labute approximate surface area is 55.2 Å². The standard InChI is InChI=1S/C5H12N2S/c1-5(2,3-6)4(7)8/h3,6H2,1-2H3,(H2,7,8). The van der Waals surface area contributed by atoms with E-state index in [1.54, 1.807) is 0 Å². The summed E-state index contributed by atoms with van der Waals surface area (Å²) in [5.41, 5.74) is 10.5. The third-order valence-corrected chi connectivity index (χ3v) is 1.73. The highest BCUT2D eigenvalue weighted by Crippen LogP contribution is 2.11. The van der Waals surface area contributed by atoms with Crippen molar-refractivity contribution in [2.45, 2.75) is 13.8 Å². The molecule has 0 rings (SSSR count). The second kappa shape index (κ2) is 2.42. The summed E-state index contributed by atoms with van der Waals surface area (Å²) in [6, 6.07) is 0. The SMILES string of the molecule is CC(C)(CN)C(N)=S. The van der Waals surface area contributed by atoms with Gasteiger partial charge in [0.25, 0.3) is 0 Å². The number of rotatable bonds is 2. The number of hydrogen-bond donors (Lipinski definition) is 2. The molecule has 2 nitrogen and oxygen atoms in total. The zero-order valence-corrected chi connectivity index (χ0v) is 6.09. The summed E-state index contributed by atoms with van der Waals surface area (Å²) >= 11 is 4.73. The summed E-state index contributed by atoms with van der Waals surface area (Å²) in [5.74, 6) is 0. The van der Waals surface area contributed by atoms with E-state index in [2.05, 4.69) is 0 Å². The maximum atomic E-state index is 5.34. The molecule has 3 heteroatoms. The van der Waals surface area contributed by atoms with Crippen molar-refractivity contribution in [3.63, 3.8) is 0 Å². The van der Waals surface area contributed by atoms with Crippen LogP contribution in [-0.2, 0) is 0 Å². The summed E-state index contributed by atoms with van der Waals surface area (Å²) in [7, 11) is 0. The third kappa shape index (κ3) is 1.76. The second-order valence-corrected chi connectivity index (χ2v) is 2.89. The molecule has 0 spiro atoms. The van der Waals surface area contributed by atoms with Crippen molar-refractivity contribution in [3.8, 4) is 0 Å². The molecule has 0 amide bonds. The summed E-state index contributed by atoms with van der Waals surface area (Å²) in [6.45, 7) is 4.37. The summed E-state index contributed by atoms with van der Waals surface area (Å²) < 4.78 is 0. The molecule has 0 aromatic rings. The van der Waals surface area contributed by atoms with E-state index < -0.39 is 0 Å². The lowest BCUT2D eigenvalue weighted by Gasteiger charge is -2.19. The minimum absolute atomic E-state index is 0.171. The van der Waals surface area contributed by atoms with Gasteiger partial charge in [-0.25, -0.2) is 0 Å². The lowest BCUT2D eigenvalue weighted by molar-refractivity contribution is 0.541. The summed E-state index contributed by atoms with van der Waals surface area (Å²) in [4.78, 5) is 0.486. The van der Waals surface area contributed by atoms with E-state index in [0.29, 0.717) is 11.5 Å². The molecule has 0 unspecified atom stereocenters. The Morgan fingerprint density at radius 1 is 1.62 bits per heavy atom. The van der Waals surface area contributed by atoms with Crippen LogP contribution in [0.3, 0.4) is 0 Å². The van der Waals surface area contributed by atoms with Crippen LogP contribution in [0.15, 0.2) is 0 Å². The van der Waals surface area contributed by atoms with E-state index in [4.69, 9.17) is 23.7 Å². The summed E-state index contributed by atoms with van der Waals surface area (Å²) in [6.07, 6.45) is 0. The molecule has 0 aromatic carbocycles. The fourth-order valence-corrected chi connectivity index (χ4v) is 0.184. The average Bonchev–Trinajstić information content (AvgIpc) is 1.67. The predicted octanol–water partition coefficient (Wildman–Crippen LogP) is 0.257. The zero-order chi connectivity index (χ0) is 6.78. The largest absolute Gasteiger partial charge is 0.393 e. The molecule has 0 aliphatic heterocycles. The molecule has 0 radical (unpaired) electrons. The van der Waals surface area contributed by atoms with E-state index in [-0.39, 0.29) is 5.41 Å². The van der Waals surface area contributed by atoms with Crippen molar-refractivity contribution in [2.24, 2.45) is 16.9 Å². The van der Waals surface area contributed by atoms with Crippen LogP contribution in [0, 0.1) is 5.41 Å². The molecule has 0 atom stereocenters. The molecule has 0 bridgehead atoms. The molecular weight excluding hydrogens is 120 g/mol. The van der Waals surface area contributed by atoms with Crippen molar-refractivity contribution in [1.29, 1.82) is 0 Å². The minimum atomic E-state index is -0.171. The maximum Gasteiger partial charge on any atom is 0.0797 e. The van der Waals surface area contributed by atoms with Crippen molar-refractivity contribution in [3.05, 3.63) is 0 Å². The Kier molecular flexibility index (Phi) is 2.37. The van der Waals surface area contributed by atoms with Crippen LogP contribution in [0.2, 0.25) is 0 Å². The van der Waals surface area contributed by atoms with Crippen molar-refractivity contribution >= 4 is 17.2 Å². The monoisotopic (exact) mass is 132 g/mol. The van der Waals surface area contributed by atoms with Gasteiger partial charge in [-0.05, 0) is 0 Å². The van der Waals surface area contributed by atoms with Gasteiger partial charge in [0.05, 0.1) is 4.99 Å². The molecule has 0 aromatic heterocycles. The Hall–Kier alpha value is -0.150. The molecule has 0 heterocycles. The number of thiocarbonyl (C=S) groups is 1. The Morgan fingerprint density at radius 2 is 2.00 bits per heavy atom. The van der Waals surface area contributed by atoms with E-state index in [1.807, 2.05) is 13.8 Å². The van der Waals surface area contributed by atoms with Crippen LogP contribution in [-0.4, -0.2) is 11.5 Å². The molecule has 0 aliphatic rings. The van der Waals surface area contributed by atoms with Gasteiger partial charge in [-0.15, -0.1) is 0 Å². The van der Waals surface area contributed by atoms with Crippen molar-refractivity contribution < 1.29 is 0 Å². The number of nitrogens with two attached hydrogens (primary N) is 2. The topological polar surface area (TPSA) is 52.0 Å². The smallest absolute Gasteiger partial charge is 0.0797 e. The first-order chi connectivity index (χ1) is 3.50. The fraction of sp³-hybridized carbons (Fsp3) is 0.800. The lowest BCUT2D eigenvalue weighted by atomic mass is 9.94. The normalized spacial score (nSPS) is 11.4. The quantitative estimate of drug-likeness (QED) is 0.530. The Bertz CT molecular complexity index is 98.6. The van der Waals surface area contributed by atoms with E-state index >= 15 is 0 Å². The zero-order valence-electron chi connectivity index (χ0n) is 5.27. The van der Waals surface area contributed by atoms with Gasteiger partial charge in [0.1, 0.15) is 0 Å². The first-order valence-electron chi connectivity index (χ1n) is 2.50. The highest BCUT2D eigenvalue weighted by atomic mass is 32.1. The van der Waals surface area contributed by atoms with Crippen LogP contribution < -0.4 is 11.5 Å². The van der Waals surface area contributed by atoms with Crippen LogP contribution >= 0.6 is 12.2 Å². The van der Waals surface area contributed by atoms with Crippen molar-refractivity contribution in [1.82, 2.24) is 0 Å². The van der Waals surface area contributed by atoms with E-state index in [9.17, 15) is 0 Å². The molecule has 0 aliphatic carbocycles. The minimum Gasteiger partial charge on any atom is -0.393 e. The van der Waals surface area contributed by atoms with Gasteiger partial charge in [0, 0.05) is 12.0 Å². The molecule has 0 fully saturated rings. The van der Waals surface area contributed by atoms with E-state index in [1.165, 1.54) is 0 Å². The number of hydrogen-bond acceptors (Lipinski definition) is 2. The van der Waals surface area contributed by atoms with Gasteiger partial charge < -0.3 is 11.5 Å². The maximum absolute atomic E-state index is 5.34. The van der Waals surface area contributed by atoms with Gasteiger partial charge >= 0.3 is 0 Å². The van der Waals surface area contributed by atoms with Crippen LogP contribution in [0.25, 0.3) is 0 Å². The molecular formula is C5H12N2S. The highest BCUT2D eigenvalue weighted by Gasteiger charge is 2.17. The van der Waals surface area contributed by atoms with Crippen LogP contribution in [0.4, 0.5) is 0 Å². The first-order valence-corrected chi connectivity index (χ1v) is 2.91. The molecule has 48 valence electrons. The molecule has 0 saturated heterocycles. The third-order valence-electron chi connectivity index (χ3n) is 1.18. The Morgan fingerprint density at radius 3 is 2.00 bits per heavy atom. The van der Waals surface area contributed by atoms with Crippen LogP contribution in [0.5, 0.6) is 0 Å². The highest BCUT2D eigenvalue weighted by molar-refractivity contribution is 7.80. The van der Waals surface area contributed by atoms with Gasteiger partial charge in [0.15, 0.2) is 0 Å². The molecule has 4 N–H and O–H groups in total. The molecule has 0 saturated carbocycles. The second-order valence-electron chi connectivity index (χ2n) is 2.45. The fourth-order valence-electron chi connectivity index (χ4n) is 0.101.